The van der Waals surface area contributed by atoms with Crippen molar-refractivity contribution >= 4 is 12.1 Å². The van der Waals surface area contributed by atoms with Crippen LogP contribution in [0.15, 0.2) is 29.0 Å². The summed E-state index contributed by atoms with van der Waals surface area (Å²) in [5, 5.41) is 2.64. The number of hydrogen-bond acceptors (Lipinski definition) is 8. The molecule has 2 aromatic rings. The maximum absolute atomic E-state index is 13.0. The molecule has 1 unspecified atom stereocenters. The van der Waals surface area contributed by atoms with Gasteiger partial charge in [0.25, 0.3) is 0 Å². The smallest absolute Gasteiger partial charge is 0.408 e. The number of oxazole rings is 1. The average Bonchev–Trinajstić information content (AvgIpc) is 3.68. The first-order valence-corrected chi connectivity index (χ1v) is 11.7. The molecule has 1 aromatic carbocycles. The van der Waals surface area contributed by atoms with Crippen LogP contribution in [0.4, 0.5) is 4.79 Å². The van der Waals surface area contributed by atoms with E-state index in [1.165, 1.54) is 0 Å². The number of hydrogen-bond donors (Lipinski definition) is 1. The van der Waals surface area contributed by atoms with Crippen molar-refractivity contribution in [3.8, 4) is 17.2 Å². The van der Waals surface area contributed by atoms with E-state index < -0.39 is 23.7 Å². The standard InChI is InChI=1S/C25H32N2O7/c1-15(27-24(29)34-25(2,3)4)21-20(26-14-32-21)23(28)33-19-7-5-6-18(30-12-16-8-9-16)22(19)31-13-17-10-11-17/h5-7,14-17H,8-13H2,1-4H3,(H,27,29). The van der Waals surface area contributed by atoms with Crippen LogP contribution in [-0.2, 0) is 4.74 Å². The number of para-hydroxylation sites is 1. The molecule has 0 saturated heterocycles. The summed E-state index contributed by atoms with van der Waals surface area (Å²) in [4.78, 5) is 29.2. The summed E-state index contributed by atoms with van der Waals surface area (Å²) in [6.07, 6.45) is 5.09. The summed E-state index contributed by atoms with van der Waals surface area (Å²) in [6.45, 7) is 8.11. The molecule has 2 aliphatic rings. The van der Waals surface area contributed by atoms with Gasteiger partial charge in [-0.25, -0.2) is 14.6 Å². The minimum Gasteiger partial charge on any atom is -0.489 e. The molecule has 0 radical (unpaired) electrons. The predicted octanol–water partition coefficient (Wildman–Crippen LogP) is 5.06. The van der Waals surface area contributed by atoms with Crippen LogP contribution in [-0.4, -0.2) is 35.9 Å². The first-order chi connectivity index (χ1) is 16.2. The van der Waals surface area contributed by atoms with Crippen molar-refractivity contribution in [3.63, 3.8) is 0 Å². The van der Waals surface area contributed by atoms with Crippen LogP contribution in [0.25, 0.3) is 0 Å². The van der Waals surface area contributed by atoms with E-state index in [0.717, 1.165) is 32.1 Å². The Morgan fingerprint density at radius 1 is 1.09 bits per heavy atom. The number of alkyl carbamates (subject to hydrolysis) is 1. The quantitative estimate of drug-likeness (QED) is 0.378. The molecule has 0 spiro atoms. The minimum absolute atomic E-state index is 0.0407. The third-order valence-electron chi connectivity index (χ3n) is 5.39. The van der Waals surface area contributed by atoms with E-state index in [9.17, 15) is 9.59 Å². The number of nitrogens with one attached hydrogen (secondary N) is 1. The maximum atomic E-state index is 13.0. The van der Waals surface area contributed by atoms with Gasteiger partial charge in [-0.3, -0.25) is 0 Å². The Morgan fingerprint density at radius 2 is 1.74 bits per heavy atom. The van der Waals surface area contributed by atoms with E-state index in [0.29, 0.717) is 36.5 Å². The number of esters is 1. The molecule has 0 aliphatic heterocycles. The molecular weight excluding hydrogens is 440 g/mol. The van der Waals surface area contributed by atoms with E-state index in [4.69, 9.17) is 23.4 Å². The van der Waals surface area contributed by atoms with Gasteiger partial charge in [0.05, 0.1) is 19.3 Å². The predicted molar refractivity (Wildman–Crippen MR) is 122 cm³/mol. The number of aromatic nitrogens is 1. The largest absolute Gasteiger partial charge is 0.489 e. The number of benzene rings is 1. The normalized spacial score (nSPS) is 16.5. The molecule has 4 rings (SSSR count). The fourth-order valence-electron chi connectivity index (χ4n) is 3.22. The van der Waals surface area contributed by atoms with Crippen LogP contribution in [0.5, 0.6) is 17.2 Å². The van der Waals surface area contributed by atoms with Gasteiger partial charge in [-0.15, -0.1) is 0 Å². The highest BCUT2D eigenvalue weighted by molar-refractivity contribution is 5.90. The molecule has 9 nitrogen and oxygen atoms in total. The number of nitrogens with zero attached hydrogens (tertiary/aromatic N) is 1. The van der Waals surface area contributed by atoms with Crippen molar-refractivity contribution in [2.75, 3.05) is 13.2 Å². The van der Waals surface area contributed by atoms with Crippen molar-refractivity contribution in [1.82, 2.24) is 10.3 Å². The average molecular weight is 473 g/mol. The second-order valence-corrected chi connectivity index (χ2v) is 9.91. The lowest BCUT2D eigenvalue weighted by molar-refractivity contribution is 0.0499. The van der Waals surface area contributed by atoms with Crippen molar-refractivity contribution in [3.05, 3.63) is 36.0 Å². The zero-order valence-corrected chi connectivity index (χ0v) is 20.1. The van der Waals surface area contributed by atoms with Crippen LogP contribution < -0.4 is 19.5 Å². The summed E-state index contributed by atoms with van der Waals surface area (Å²) in [5.41, 5.74) is -0.697. The van der Waals surface area contributed by atoms with Gasteiger partial charge in [0.15, 0.2) is 29.3 Å². The Kier molecular flexibility index (Phi) is 7.00. The van der Waals surface area contributed by atoms with Gasteiger partial charge in [-0.1, -0.05) is 6.07 Å². The molecule has 1 aromatic heterocycles. The highest BCUT2D eigenvalue weighted by Crippen LogP contribution is 2.41. The summed E-state index contributed by atoms with van der Waals surface area (Å²) in [7, 11) is 0. The zero-order chi connectivity index (χ0) is 24.3. The van der Waals surface area contributed by atoms with Crippen molar-refractivity contribution in [2.45, 2.75) is 65.0 Å². The SMILES string of the molecule is CC(NC(=O)OC(C)(C)C)c1ocnc1C(=O)Oc1cccc(OCC2CC2)c1OCC1CC1. The van der Waals surface area contributed by atoms with Crippen molar-refractivity contribution < 1.29 is 33.0 Å². The van der Waals surface area contributed by atoms with E-state index in [2.05, 4.69) is 10.3 Å². The summed E-state index contributed by atoms with van der Waals surface area (Å²) < 4.78 is 28.3. The molecular formula is C25H32N2O7. The number of carbonyl (C=O) groups excluding carboxylic acids is 2. The summed E-state index contributed by atoms with van der Waals surface area (Å²) in [6, 6.07) is 4.56. The second kappa shape index (κ2) is 9.95. The molecule has 9 heteroatoms. The highest BCUT2D eigenvalue weighted by Gasteiger charge is 2.29. The monoisotopic (exact) mass is 472 g/mol. The van der Waals surface area contributed by atoms with Crippen LogP contribution >= 0.6 is 0 Å². The molecule has 2 fully saturated rings. The highest BCUT2D eigenvalue weighted by atomic mass is 16.6. The lowest BCUT2D eigenvalue weighted by Gasteiger charge is -2.21. The molecule has 1 heterocycles. The van der Waals surface area contributed by atoms with Crippen LogP contribution in [0.3, 0.4) is 0 Å². The second-order valence-electron chi connectivity index (χ2n) is 9.91. The molecule has 1 N–H and O–H groups in total. The molecule has 184 valence electrons. The lowest BCUT2D eigenvalue weighted by atomic mass is 10.2. The molecule has 2 saturated carbocycles. The zero-order valence-electron chi connectivity index (χ0n) is 20.1. The van der Waals surface area contributed by atoms with Crippen LogP contribution in [0.2, 0.25) is 0 Å². The Hall–Kier alpha value is -3.23. The summed E-state index contributed by atoms with van der Waals surface area (Å²) >= 11 is 0. The van der Waals surface area contributed by atoms with Gasteiger partial charge >= 0.3 is 12.1 Å². The summed E-state index contributed by atoms with van der Waals surface area (Å²) in [5.74, 6) is 1.74. The number of ether oxygens (including phenoxy) is 4. The van der Waals surface area contributed by atoms with E-state index in [-0.39, 0.29) is 17.2 Å². The van der Waals surface area contributed by atoms with Gasteiger partial charge in [0.1, 0.15) is 5.60 Å². The van der Waals surface area contributed by atoms with Crippen molar-refractivity contribution in [1.29, 1.82) is 0 Å². The number of carbonyl (C=O) groups is 2. The number of amides is 1. The fraction of sp³-hybridized carbons (Fsp3) is 0.560. The third kappa shape index (κ3) is 6.65. The molecule has 1 amide bonds. The van der Waals surface area contributed by atoms with E-state index in [1.807, 2.05) is 6.07 Å². The molecule has 34 heavy (non-hydrogen) atoms. The lowest BCUT2D eigenvalue weighted by Crippen LogP contribution is -2.34. The number of rotatable bonds is 10. The topological polar surface area (TPSA) is 109 Å². The Bertz CT molecular complexity index is 1020. The third-order valence-corrected chi connectivity index (χ3v) is 5.39. The molecule has 0 bridgehead atoms. The van der Waals surface area contributed by atoms with E-state index >= 15 is 0 Å². The molecule has 1 atom stereocenters. The van der Waals surface area contributed by atoms with Gasteiger partial charge in [-0.05, 0) is 77.3 Å². The molecule has 2 aliphatic carbocycles. The Morgan fingerprint density at radius 3 is 2.38 bits per heavy atom. The fourth-order valence-corrected chi connectivity index (χ4v) is 3.22. The van der Waals surface area contributed by atoms with Crippen LogP contribution in [0.1, 0.15) is 75.7 Å². The van der Waals surface area contributed by atoms with Gasteiger partial charge in [0, 0.05) is 0 Å². The van der Waals surface area contributed by atoms with Crippen molar-refractivity contribution in [2.24, 2.45) is 11.8 Å². The van der Waals surface area contributed by atoms with Crippen LogP contribution in [0, 0.1) is 11.8 Å². The van der Waals surface area contributed by atoms with E-state index in [1.54, 1.807) is 39.8 Å². The van der Waals surface area contributed by atoms with Gasteiger partial charge < -0.3 is 28.7 Å². The Balaban J connectivity index is 1.47. The first kappa shape index (κ1) is 23.9. The minimum atomic E-state index is -0.725. The van der Waals surface area contributed by atoms with Gasteiger partial charge in [0.2, 0.25) is 5.75 Å². The maximum Gasteiger partial charge on any atom is 0.408 e. The van der Waals surface area contributed by atoms with Gasteiger partial charge in [-0.2, -0.15) is 0 Å². The first-order valence-electron chi connectivity index (χ1n) is 11.7. The Labute approximate surface area is 199 Å².